The third kappa shape index (κ3) is 3.88. The number of anilines is 2. The number of rotatable bonds is 3. The summed E-state index contributed by atoms with van der Waals surface area (Å²) in [6.45, 7) is 4.56. The first-order valence-corrected chi connectivity index (χ1v) is 8.15. The van der Waals surface area contributed by atoms with Gasteiger partial charge in [-0.15, -0.1) is 0 Å². The first-order valence-electron chi connectivity index (χ1n) is 8.15. The van der Waals surface area contributed by atoms with E-state index in [9.17, 15) is 14.9 Å². The van der Waals surface area contributed by atoms with Crippen molar-refractivity contribution in [2.24, 2.45) is 0 Å². The molecule has 7 nitrogen and oxygen atoms in total. The molecule has 25 heavy (non-hydrogen) atoms. The lowest BCUT2D eigenvalue weighted by molar-refractivity contribution is -0.384. The first-order chi connectivity index (χ1) is 12.0. The van der Waals surface area contributed by atoms with Crippen LogP contribution >= 0.6 is 0 Å². The molecule has 1 N–H and O–H groups in total. The zero-order chi connectivity index (χ0) is 17.8. The molecule has 0 aromatic heterocycles. The standard InChI is InChI=1S/C18H20N4O3/c1-14-4-2-3-5-17(14)19-18(23)21-12-10-20(11-13-21)15-6-8-16(9-7-15)22(24)25/h2-9H,10-13H2,1H3,(H,19,23). The van der Waals surface area contributed by atoms with Gasteiger partial charge in [0.2, 0.25) is 0 Å². The lowest BCUT2D eigenvalue weighted by Gasteiger charge is -2.36. The Kier molecular flexibility index (Phi) is 4.83. The van der Waals surface area contributed by atoms with Crippen molar-refractivity contribution in [3.05, 3.63) is 64.2 Å². The van der Waals surface area contributed by atoms with Gasteiger partial charge in [-0.2, -0.15) is 0 Å². The highest BCUT2D eigenvalue weighted by molar-refractivity contribution is 5.90. The summed E-state index contributed by atoms with van der Waals surface area (Å²) >= 11 is 0. The molecule has 0 spiro atoms. The SMILES string of the molecule is Cc1ccccc1NC(=O)N1CCN(c2ccc([N+](=O)[O-])cc2)CC1. The van der Waals surface area contributed by atoms with E-state index in [0.29, 0.717) is 26.2 Å². The quantitative estimate of drug-likeness (QED) is 0.687. The molecule has 0 saturated carbocycles. The molecule has 0 unspecified atom stereocenters. The third-order valence-corrected chi connectivity index (χ3v) is 4.38. The third-order valence-electron chi connectivity index (χ3n) is 4.38. The molecule has 1 saturated heterocycles. The summed E-state index contributed by atoms with van der Waals surface area (Å²) in [6.07, 6.45) is 0. The summed E-state index contributed by atoms with van der Waals surface area (Å²) < 4.78 is 0. The predicted octanol–water partition coefficient (Wildman–Crippen LogP) is 3.26. The van der Waals surface area contributed by atoms with Crippen molar-refractivity contribution in [3.63, 3.8) is 0 Å². The maximum Gasteiger partial charge on any atom is 0.321 e. The molecule has 3 rings (SSSR count). The summed E-state index contributed by atoms with van der Waals surface area (Å²) in [5, 5.41) is 13.7. The molecule has 1 aliphatic rings. The lowest BCUT2D eigenvalue weighted by atomic mass is 10.2. The molecular formula is C18H20N4O3. The highest BCUT2D eigenvalue weighted by Gasteiger charge is 2.22. The normalized spacial score (nSPS) is 14.3. The van der Waals surface area contributed by atoms with Crippen LogP contribution in [-0.2, 0) is 0 Å². The van der Waals surface area contributed by atoms with Gasteiger partial charge in [-0.1, -0.05) is 18.2 Å². The molecule has 2 aromatic carbocycles. The van der Waals surface area contributed by atoms with Crippen molar-refractivity contribution < 1.29 is 9.72 Å². The number of carbonyl (C=O) groups excluding carboxylic acids is 1. The van der Waals surface area contributed by atoms with Gasteiger partial charge >= 0.3 is 6.03 Å². The number of amides is 2. The molecule has 2 aromatic rings. The topological polar surface area (TPSA) is 78.7 Å². The van der Waals surface area contributed by atoms with E-state index in [-0.39, 0.29) is 11.7 Å². The second-order valence-electron chi connectivity index (χ2n) is 5.99. The van der Waals surface area contributed by atoms with Crippen LogP contribution in [0, 0.1) is 17.0 Å². The number of piperazine rings is 1. The van der Waals surface area contributed by atoms with Crippen LogP contribution in [0.1, 0.15) is 5.56 Å². The number of hydrogen-bond acceptors (Lipinski definition) is 4. The summed E-state index contributed by atoms with van der Waals surface area (Å²) in [7, 11) is 0. The van der Waals surface area contributed by atoms with Crippen LogP contribution < -0.4 is 10.2 Å². The average Bonchev–Trinajstić information content (AvgIpc) is 2.64. The zero-order valence-corrected chi connectivity index (χ0v) is 14.0. The Labute approximate surface area is 146 Å². The maximum atomic E-state index is 12.4. The van der Waals surface area contributed by atoms with E-state index in [1.165, 1.54) is 12.1 Å². The van der Waals surface area contributed by atoms with Crippen molar-refractivity contribution in [1.82, 2.24) is 4.90 Å². The lowest BCUT2D eigenvalue weighted by Crippen LogP contribution is -2.50. The number of non-ortho nitro benzene ring substituents is 1. The monoisotopic (exact) mass is 340 g/mol. The second kappa shape index (κ2) is 7.21. The number of nitrogens with one attached hydrogen (secondary N) is 1. The molecule has 1 heterocycles. The molecular weight excluding hydrogens is 320 g/mol. The summed E-state index contributed by atoms with van der Waals surface area (Å²) in [4.78, 5) is 26.6. The minimum atomic E-state index is -0.405. The van der Waals surface area contributed by atoms with Crippen molar-refractivity contribution in [2.75, 3.05) is 36.4 Å². The average molecular weight is 340 g/mol. The van der Waals surface area contributed by atoms with E-state index in [0.717, 1.165) is 16.9 Å². The molecule has 0 bridgehead atoms. The molecule has 0 atom stereocenters. The zero-order valence-electron chi connectivity index (χ0n) is 14.0. The van der Waals surface area contributed by atoms with Gasteiger partial charge in [0, 0.05) is 49.7 Å². The van der Waals surface area contributed by atoms with Gasteiger partial charge in [0.25, 0.3) is 5.69 Å². The van der Waals surface area contributed by atoms with Crippen molar-refractivity contribution in [1.29, 1.82) is 0 Å². The number of aryl methyl sites for hydroxylation is 1. The van der Waals surface area contributed by atoms with Crippen LogP contribution in [0.25, 0.3) is 0 Å². The van der Waals surface area contributed by atoms with Crippen molar-refractivity contribution in [3.8, 4) is 0 Å². The van der Waals surface area contributed by atoms with Crippen LogP contribution in [0.4, 0.5) is 21.9 Å². The molecule has 2 amide bonds. The van der Waals surface area contributed by atoms with E-state index in [1.807, 2.05) is 31.2 Å². The van der Waals surface area contributed by atoms with Crippen LogP contribution in [-0.4, -0.2) is 42.0 Å². The Hall–Kier alpha value is -3.09. The number of nitro benzene ring substituents is 1. The van der Waals surface area contributed by atoms with Gasteiger partial charge in [-0.3, -0.25) is 10.1 Å². The van der Waals surface area contributed by atoms with Gasteiger partial charge in [0.1, 0.15) is 0 Å². The summed E-state index contributed by atoms with van der Waals surface area (Å²) in [5.41, 5.74) is 2.87. The van der Waals surface area contributed by atoms with Crippen LogP contribution in [0.2, 0.25) is 0 Å². The van der Waals surface area contributed by atoms with Gasteiger partial charge in [0.05, 0.1) is 4.92 Å². The number of hydrogen-bond donors (Lipinski definition) is 1. The minimum absolute atomic E-state index is 0.0833. The van der Waals surface area contributed by atoms with E-state index < -0.39 is 4.92 Å². The van der Waals surface area contributed by atoms with E-state index in [2.05, 4.69) is 10.2 Å². The number of benzene rings is 2. The van der Waals surface area contributed by atoms with Crippen LogP contribution in [0.5, 0.6) is 0 Å². The van der Waals surface area contributed by atoms with E-state index in [4.69, 9.17) is 0 Å². The van der Waals surface area contributed by atoms with E-state index in [1.54, 1.807) is 17.0 Å². The van der Waals surface area contributed by atoms with Crippen LogP contribution in [0.3, 0.4) is 0 Å². The maximum absolute atomic E-state index is 12.4. The van der Waals surface area contributed by atoms with Gasteiger partial charge < -0.3 is 15.1 Å². The Morgan fingerprint density at radius 1 is 1.04 bits per heavy atom. The Morgan fingerprint density at radius 3 is 2.28 bits per heavy atom. The van der Waals surface area contributed by atoms with Gasteiger partial charge in [-0.05, 0) is 30.7 Å². The highest BCUT2D eigenvalue weighted by atomic mass is 16.6. The predicted molar refractivity (Wildman–Crippen MR) is 97.1 cm³/mol. The van der Waals surface area contributed by atoms with Crippen LogP contribution in [0.15, 0.2) is 48.5 Å². The number of urea groups is 1. The smallest absolute Gasteiger partial charge is 0.321 e. The Morgan fingerprint density at radius 2 is 1.68 bits per heavy atom. The first kappa shape index (κ1) is 16.8. The van der Waals surface area contributed by atoms with E-state index >= 15 is 0 Å². The second-order valence-corrected chi connectivity index (χ2v) is 5.99. The molecule has 1 aliphatic heterocycles. The summed E-state index contributed by atoms with van der Waals surface area (Å²) in [5.74, 6) is 0. The van der Waals surface area contributed by atoms with Gasteiger partial charge in [0.15, 0.2) is 0 Å². The summed E-state index contributed by atoms with van der Waals surface area (Å²) in [6, 6.07) is 14.1. The number of nitro groups is 1. The fourth-order valence-electron chi connectivity index (χ4n) is 2.86. The molecule has 0 radical (unpaired) electrons. The number of carbonyl (C=O) groups is 1. The highest BCUT2D eigenvalue weighted by Crippen LogP contribution is 2.21. The van der Waals surface area contributed by atoms with Crippen molar-refractivity contribution in [2.45, 2.75) is 6.92 Å². The van der Waals surface area contributed by atoms with Gasteiger partial charge in [-0.25, -0.2) is 4.79 Å². The molecule has 7 heteroatoms. The van der Waals surface area contributed by atoms with Crippen molar-refractivity contribution >= 4 is 23.1 Å². The minimum Gasteiger partial charge on any atom is -0.368 e. The molecule has 0 aliphatic carbocycles. The Balaban J connectivity index is 1.57. The Bertz CT molecular complexity index is 768. The fraction of sp³-hybridized carbons (Fsp3) is 0.278. The molecule has 1 fully saturated rings. The number of nitrogens with zero attached hydrogens (tertiary/aromatic N) is 3. The fourth-order valence-corrected chi connectivity index (χ4v) is 2.86. The molecule has 130 valence electrons. The number of para-hydroxylation sites is 1. The largest absolute Gasteiger partial charge is 0.368 e.